The fraction of sp³-hybridized carbons (Fsp3) is 0.167. The standard InChI is InChI=1S/C18H17ClN4/c1-14-5-2-3-7-16(14)13-23(12-15-6-4-8-20-9-15)18-21-10-17(19)11-22-18/h2-11H,12-13H2,1H3. The van der Waals surface area contributed by atoms with Gasteiger partial charge >= 0.3 is 0 Å². The minimum absolute atomic E-state index is 0.533. The number of anilines is 1. The van der Waals surface area contributed by atoms with Gasteiger partial charge in [0.15, 0.2) is 0 Å². The average Bonchev–Trinajstić information content (AvgIpc) is 2.58. The molecule has 4 nitrogen and oxygen atoms in total. The first kappa shape index (κ1) is 15.4. The van der Waals surface area contributed by atoms with E-state index >= 15 is 0 Å². The zero-order valence-corrected chi connectivity index (χ0v) is 13.6. The summed E-state index contributed by atoms with van der Waals surface area (Å²) in [5, 5.41) is 0.533. The van der Waals surface area contributed by atoms with Crippen LogP contribution in [0.25, 0.3) is 0 Å². The molecule has 0 N–H and O–H groups in total. The number of rotatable bonds is 5. The molecule has 0 saturated carbocycles. The van der Waals surface area contributed by atoms with Crippen LogP contribution in [-0.4, -0.2) is 15.0 Å². The number of aryl methyl sites for hydroxylation is 1. The molecule has 0 saturated heterocycles. The second-order valence-corrected chi connectivity index (χ2v) is 5.78. The smallest absolute Gasteiger partial charge is 0.225 e. The summed E-state index contributed by atoms with van der Waals surface area (Å²) in [4.78, 5) is 15.0. The van der Waals surface area contributed by atoms with E-state index in [9.17, 15) is 0 Å². The van der Waals surface area contributed by atoms with Crippen molar-refractivity contribution in [1.82, 2.24) is 15.0 Å². The molecular formula is C18H17ClN4. The first-order valence-electron chi connectivity index (χ1n) is 7.38. The molecule has 0 spiro atoms. The predicted molar refractivity (Wildman–Crippen MR) is 92.3 cm³/mol. The number of hydrogen-bond donors (Lipinski definition) is 0. The lowest BCUT2D eigenvalue weighted by Crippen LogP contribution is -2.24. The quantitative estimate of drug-likeness (QED) is 0.710. The molecular weight excluding hydrogens is 308 g/mol. The summed E-state index contributed by atoms with van der Waals surface area (Å²) in [7, 11) is 0. The van der Waals surface area contributed by atoms with Gasteiger partial charge in [0.05, 0.1) is 17.4 Å². The molecule has 3 aromatic rings. The predicted octanol–water partition coefficient (Wildman–Crippen LogP) is 4.04. The third-order valence-corrected chi connectivity index (χ3v) is 3.80. The number of halogens is 1. The Balaban J connectivity index is 1.89. The minimum atomic E-state index is 0.533. The van der Waals surface area contributed by atoms with Gasteiger partial charge in [-0.05, 0) is 29.7 Å². The first-order valence-corrected chi connectivity index (χ1v) is 7.76. The second-order valence-electron chi connectivity index (χ2n) is 5.35. The van der Waals surface area contributed by atoms with Gasteiger partial charge in [-0.2, -0.15) is 0 Å². The molecule has 0 unspecified atom stereocenters. The van der Waals surface area contributed by atoms with E-state index in [-0.39, 0.29) is 0 Å². The molecule has 2 heterocycles. The minimum Gasteiger partial charge on any atom is -0.332 e. The van der Waals surface area contributed by atoms with Gasteiger partial charge in [0.1, 0.15) is 0 Å². The maximum Gasteiger partial charge on any atom is 0.225 e. The average molecular weight is 325 g/mol. The third-order valence-electron chi connectivity index (χ3n) is 3.61. The zero-order chi connectivity index (χ0) is 16.1. The van der Waals surface area contributed by atoms with Crippen LogP contribution in [0.1, 0.15) is 16.7 Å². The Kier molecular flexibility index (Phi) is 4.83. The molecule has 2 aromatic heterocycles. The van der Waals surface area contributed by atoms with Crippen molar-refractivity contribution in [3.63, 3.8) is 0 Å². The highest BCUT2D eigenvalue weighted by molar-refractivity contribution is 6.30. The van der Waals surface area contributed by atoms with Crippen LogP contribution >= 0.6 is 11.6 Å². The Labute approximate surface area is 140 Å². The molecule has 0 aliphatic carbocycles. The van der Waals surface area contributed by atoms with Crippen LogP contribution in [0.15, 0.2) is 61.2 Å². The van der Waals surface area contributed by atoms with Crippen molar-refractivity contribution in [3.8, 4) is 0 Å². The maximum atomic E-state index is 5.91. The summed E-state index contributed by atoms with van der Waals surface area (Å²) in [6.07, 6.45) is 6.88. The molecule has 0 aliphatic heterocycles. The van der Waals surface area contributed by atoms with E-state index in [1.54, 1.807) is 18.6 Å². The van der Waals surface area contributed by atoms with Crippen LogP contribution in [0, 0.1) is 6.92 Å². The summed E-state index contributed by atoms with van der Waals surface area (Å²) in [6, 6.07) is 12.3. The molecule has 0 bridgehead atoms. The van der Waals surface area contributed by atoms with Crippen molar-refractivity contribution in [1.29, 1.82) is 0 Å². The molecule has 116 valence electrons. The van der Waals surface area contributed by atoms with E-state index < -0.39 is 0 Å². The number of nitrogens with zero attached hydrogens (tertiary/aromatic N) is 4. The van der Waals surface area contributed by atoms with E-state index in [4.69, 9.17) is 11.6 Å². The highest BCUT2D eigenvalue weighted by Gasteiger charge is 2.12. The van der Waals surface area contributed by atoms with Crippen molar-refractivity contribution < 1.29 is 0 Å². The Bertz CT molecular complexity index is 759. The third kappa shape index (κ3) is 4.05. The second kappa shape index (κ2) is 7.20. The number of pyridine rings is 1. The lowest BCUT2D eigenvalue weighted by molar-refractivity contribution is 0.758. The molecule has 0 amide bonds. The topological polar surface area (TPSA) is 41.9 Å². The van der Waals surface area contributed by atoms with E-state index in [1.807, 2.05) is 30.5 Å². The fourth-order valence-electron chi connectivity index (χ4n) is 2.37. The highest BCUT2D eigenvalue weighted by atomic mass is 35.5. The number of hydrogen-bond acceptors (Lipinski definition) is 4. The highest BCUT2D eigenvalue weighted by Crippen LogP contribution is 2.18. The maximum absolute atomic E-state index is 5.91. The van der Waals surface area contributed by atoms with E-state index in [1.165, 1.54) is 11.1 Å². The number of aromatic nitrogens is 3. The van der Waals surface area contributed by atoms with E-state index in [0.29, 0.717) is 17.5 Å². The number of benzene rings is 1. The first-order chi connectivity index (χ1) is 11.2. The van der Waals surface area contributed by atoms with Gasteiger partial charge in [-0.15, -0.1) is 0 Å². The monoisotopic (exact) mass is 324 g/mol. The molecule has 0 atom stereocenters. The van der Waals surface area contributed by atoms with Gasteiger partial charge in [-0.1, -0.05) is 41.9 Å². The van der Waals surface area contributed by atoms with Crippen molar-refractivity contribution >= 4 is 17.5 Å². The van der Waals surface area contributed by atoms with Crippen LogP contribution in [0.4, 0.5) is 5.95 Å². The van der Waals surface area contributed by atoms with Crippen LogP contribution < -0.4 is 4.90 Å². The van der Waals surface area contributed by atoms with Crippen molar-refractivity contribution in [3.05, 3.63) is 82.9 Å². The van der Waals surface area contributed by atoms with Crippen molar-refractivity contribution in [2.24, 2.45) is 0 Å². The van der Waals surface area contributed by atoms with Gasteiger partial charge in [0, 0.05) is 25.5 Å². The van der Waals surface area contributed by atoms with E-state index in [2.05, 4.69) is 38.9 Å². The molecule has 1 aromatic carbocycles. The largest absolute Gasteiger partial charge is 0.332 e. The van der Waals surface area contributed by atoms with E-state index in [0.717, 1.165) is 12.1 Å². The Morgan fingerprint density at radius 2 is 1.74 bits per heavy atom. The van der Waals surface area contributed by atoms with Gasteiger partial charge < -0.3 is 4.90 Å². The summed E-state index contributed by atoms with van der Waals surface area (Å²) in [5.74, 6) is 0.654. The molecule has 3 rings (SSSR count). The van der Waals surface area contributed by atoms with Crippen LogP contribution in [-0.2, 0) is 13.1 Å². The summed E-state index contributed by atoms with van der Waals surface area (Å²) in [5.41, 5.74) is 3.60. The molecule has 23 heavy (non-hydrogen) atoms. The van der Waals surface area contributed by atoms with Crippen LogP contribution in [0.3, 0.4) is 0 Å². The van der Waals surface area contributed by atoms with Crippen molar-refractivity contribution in [2.75, 3.05) is 4.90 Å². The summed E-state index contributed by atoms with van der Waals surface area (Å²) < 4.78 is 0. The lowest BCUT2D eigenvalue weighted by Gasteiger charge is -2.23. The Hall–Kier alpha value is -2.46. The summed E-state index contributed by atoms with van der Waals surface area (Å²) in [6.45, 7) is 3.52. The molecule has 0 aliphatic rings. The zero-order valence-electron chi connectivity index (χ0n) is 12.9. The van der Waals surface area contributed by atoms with Crippen LogP contribution in [0.2, 0.25) is 5.02 Å². The SMILES string of the molecule is Cc1ccccc1CN(Cc1cccnc1)c1ncc(Cl)cn1. The van der Waals surface area contributed by atoms with Crippen molar-refractivity contribution in [2.45, 2.75) is 20.0 Å². The Morgan fingerprint density at radius 3 is 2.43 bits per heavy atom. The fourth-order valence-corrected chi connectivity index (χ4v) is 2.47. The van der Waals surface area contributed by atoms with Gasteiger partial charge in [-0.3, -0.25) is 4.98 Å². The lowest BCUT2D eigenvalue weighted by atomic mass is 10.1. The van der Waals surface area contributed by atoms with Gasteiger partial charge in [0.25, 0.3) is 0 Å². The molecule has 5 heteroatoms. The van der Waals surface area contributed by atoms with Gasteiger partial charge in [-0.25, -0.2) is 9.97 Å². The molecule has 0 fully saturated rings. The Morgan fingerprint density at radius 1 is 0.957 bits per heavy atom. The van der Waals surface area contributed by atoms with Crippen LogP contribution in [0.5, 0.6) is 0 Å². The normalized spacial score (nSPS) is 10.5. The molecule has 0 radical (unpaired) electrons. The van der Waals surface area contributed by atoms with Gasteiger partial charge in [0.2, 0.25) is 5.95 Å². The summed E-state index contributed by atoms with van der Waals surface area (Å²) >= 11 is 5.91.